The molecule has 0 atom stereocenters. The fourth-order valence-corrected chi connectivity index (χ4v) is 1.99. The summed E-state index contributed by atoms with van der Waals surface area (Å²) in [6, 6.07) is 0.913. The maximum absolute atomic E-state index is 12.3. The van der Waals surface area contributed by atoms with Crippen molar-refractivity contribution in [1.82, 2.24) is 4.98 Å². The van der Waals surface area contributed by atoms with E-state index in [9.17, 15) is 17.2 Å². The van der Waals surface area contributed by atoms with Crippen LogP contribution in [0.25, 0.3) is 0 Å². The quantitative estimate of drug-likeness (QED) is 0.874. The van der Waals surface area contributed by atoms with Crippen molar-refractivity contribution in [2.75, 3.05) is 0 Å². The summed E-state index contributed by atoms with van der Waals surface area (Å²) in [5.41, 5.74) is -0.654. The Morgan fingerprint density at radius 2 is 2.07 bits per heavy atom. The van der Waals surface area contributed by atoms with Crippen molar-refractivity contribution in [3.05, 3.63) is 22.3 Å². The topological polar surface area (TPSA) is 73.0 Å². The van der Waals surface area contributed by atoms with E-state index < -0.39 is 27.2 Å². The van der Waals surface area contributed by atoms with Crippen LogP contribution in [0.3, 0.4) is 0 Å². The van der Waals surface area contributed by atoms with Crippen LogP contribution in [-0.2, 0) is 10.0 Å². The lowest BCUT2D eigenvalue weighted by molar-refractivity contribution is 0.145. The molecule has 0 aromatic carbocycles. The highest BCUT2D eigenvalue weighted by Crippen LogP contribution is 2.26. The molecule has 0 saturated heterocycles. The summed E-state index contributed by atoms with van der Waals surface area (Å²) in [6.07, 6.45) is -2.90. The Labute approximate surface area is 90.1 Å². The smallest absolute Gasteiger partial charge is 0.234 e. The first-order valence-corrected chi connectivity index (χ1v) is 5.64. The Morgan fingerprint density at radius 3 is 2.47 bits per heavy atom. The monoisotopic (exact) mass is 256 g/mol. The van der Waals surface area contributed by atoms with E-state index in [1.54, 1.807) is 0 Å². The van der Waals surface area contributed by atoms with Gasteiger partial charge in [-0.05, 0) is 13.0 Å². The van der Waals surface area contributed by atoms with E-state index in [2.05, 4.69) is 4.98 Å². The molecule has 1 rings (SSSR count). The molecule has 0 aliphatic carbocycles. The first-order valence-electron chi connectivity index (χ1n) is 3.71. The van der Waals surface area contributed by atoms with Gasteiger partial charge in [0.1, 0.15) is 5.69 Å². The Hall–Kier alpha value is -0.790. The predicted octanol–water partition coefficient (Wildman–Crippen LogP) is 1.63. The van der Waals surface area contributed by atoms with Crippen LogP contribution in [0, 0.1) is 6.92 Å². The minimum absolute atomic E-state index is 0.0589. The highest BCUT2D eigenvalue weighted by atomic mass is 35.5. The van der Waals surface area contributed by atoms with Crippen molar-refractivity contribution < 1.29 is 17.2 Å². The summed E-state index contributed by atoms with van der Waals surface area (Å²) >= 11 is 5.58. The van der Waals surface area contributed by atoms with Gasteiger partial charge < -0.3 is 0 Å². The maximum Gasteiger partial charge on any atom is 0.280 e. The molecule has 2 N–H and O–H groups in total. The van der Waals surface area contributed by atoms with Gasteiger partial charge in [-0.15, -0.1) is 0 Å². The van der Waals surface area contributed by atoms with Crippen LogP contribution >= 0.6 is 11.6 Å². The van der Waals surface area contributed by atoms with Crippen LogP contribution in [0.1, 0.15) is 17.7 Å². The van der Waals surface area contributed by atoms with Gasteiger partial charge in [0.25, 0.3) is 16.4 Å². The SMILES string of the molecule is Cc1c(Cl)cc(C(F)F)nc1S(N)(=O)=O. The zero-order valence-corrected chi connectivity index (χ0v) is 9.11. The van der Waals surface area contributed by atoms with Crippen LogP contribution in [0.5, 0.6) is 0 Å². The van der Waals surface area contributed by atoms with Gasteiger partial charge in [0.05, 0.1) is 0 Å². The molecular formula is C7H7ClF2N2O2S. The summed E-state index contributed by atoms with van der Waals surface area (Å²) in [7, 11) is -4.14. The maximum atomic E-state index is 12.3. The highest BCUT2D eigenvalue weighted by molar-refractivity contribution is 7.89. The van der Waals surface area contributed by atoms with Crippen LogP contribution in [0.4, 0.5) is 8.78 Å². The third-order valence-electron chi connectivity index (χ3n) is 1.68. The molecule has 1 aromatic heterocycles. The predicted molar refractivity (Wildman–Crippen MR) is 50.3 cm³/mol. The molecular weight excluding hydrogens is 250 g/mol. The number of halogens is 3. The number of alkyl halides is 2. The van der Waals surface area contributed by atoms with E-state index in [0.717, 1.165) is 6.07 Å². The Balaban J connectivity index is 3.52. The van der Waals surface area contributed by atoms with Gasteiger partial charge in [0.15, 0.2) is 5.03 Å². The molecule has 0 unspecified atom stereocenters. The third-order valence-corrected chi connectivity index (χ3v) is 3.01. The molecule has 0 saturated carbocycles. The first-order chi connectivity index (χ1) is 6.73. The van der Waals surface area contributed by atoms with Gasteiger partial charge in [-0.3, -0.25) is 0 Å². The summed E-state index contributed by atoms with van der Waals surface area (Å²) in [6.45, 7) is 1.34. The number of nitrogens with two attached hydrogens (primary N) is 1. The minimum Gasteiger partial charge on any atom is -0.234 e. The van der Waals surface area contributed by atoms with E-state index in [4.69, 9.17) is 16.7 Å². The van der Waals surface area contributed by atoms with Crippen molar-refractivity contribution in [3.8, 4) is 0 Å². The van der Waals surface area contributed by atoms with E-state index in [-0.39, 0.29) is 10.6 Å². The number of nitrogens with zero attached hydrogens (tertiary/aromatic N) is 1. The normalized spacial score (nSPS) is 12.1. The van der Waals surface area contributed by atoms with Gasteiger partial charge >= 0.3 is 0 Å². The molecule has 15 heavy (non-hydrogen) atoms. The van der Waals surface area contributed by atoms with E-state index in [1.807, 2.05) is 0 Å². The van der Waals surface area contributed by atoms with Crippen LogP contribution < -0.4 is 5.14 Å². The Morgan fingerprint density at radius 1 is 1.53 bits per heavy atom. The number of rotatable bonds is 2. The molecule has 84 valence electrons. The van der Waals surface area contributed by atoms with Crippen molar-refractivity contribution >= 4 is 21.6 Å². The number of hydrogen-bond donors (Lipinski definition) is 1. The molecule has 4 nitrogen and oxygen atoms in total. The molecule has 8 heteroatoms. The average molecular weight is 257 g/mol. The number of sulfonamides is 1. The zero-order chi connectivity index (χ0) is 11.8. The van der Waals surface area contributed by atoms with Crippen molar-refractivity contribution in [2.24, 2.45) is 5.14 Å². The van der Waals surface area contributed by atoms with Crippen LogP contribution in [-0.4, -0.2) is 13.4 Å². The van der Waals surface area contributed by atoms with Gasteiger partial charge in [0.2, 0.25) is 0 Å². The second-order valence-corrected chi connectivity index (χ2v) is 4.69. The molecule has 0 aliphatic rings. The molecule has 0 aliphatic heterocycles. The van der Waals surface area contributed by atoms with E-state index in [1.165, 1.54) is 6.92 Å². The van der Waals surface area contributed by atoms with Crippen molar-refractivity contribution in [2.45, 2.75) is 18.4 Å². The van der Waals surface area contributed by atoms with Crippen molar-refractivity contribution in [3.63, 3.8) is 0 Å². The lowest BCUT2D eigenvalue weighted by Crippen LogP contribution is -2.16. The van der Waals surface area contributed by atoms with Crippen LogP contribution in [0.2, 0.25) is 5.02 Å². The lowest BCUT2D eigenvalue weighted by atomic mass is 10.3. The fourth-order valence-electron chi connectivity index (χ4n) is 0.962. The lowest BCUT2D eigenvalue weighted by Gasteiger charge is -2.07. The molecule has 0 amide bonds. The van der Waals surface area contributed by atoms with Gasteiger partial charge in [-0.1, -0.05) is 11.6 Å². The molecule has 0 radical (unpaired) electrons. The third kappa shape index (κ3) is 2.61. The second kappa shape index (κ2) is 3.99. The van der Waals surface area contributed by atoms with E-state index in [0.29, 0.717) is 0 Å². The molecule has 0 bridgehead atoms. The van der Waals surface area contributed by atoms with Crippen LogP contribution in [0.15, 0.2) is 11.1 Å². The summed E-state index contributed by atoms with van der Waals surface area (Å²) in [5, 5.41) is 4.07. The number of hydrogen-bond acceptors (Lipinski definition) is 3. The van der Waals surface area contributed by atoms with Gasteiger partial charge in [-0.25, -0.2) is 27.3 Å². The van der Waals surface area contributed by atoms with Gasteiger partial charge in [-0.2, -0.15) is 0 Å². The number of pyridine rings is 1. The largest absolute Gasteiger partial charge is 0.280 e. The average Bonchev–Trinajstić information content (AvgIpc) is 2.06. The van der Waals surface area contributed by atoms with E-state index >= 15 is 0 Å². The molecule has 0 spiro atoms. The first kappa shape index (κ1) is 12.3. The molecule has 1 aromatic rings. The molecule has 0 fully saturated rings. The standard InChI is InChI=1S/C7H7ClF2N2O2S/c1-3-4(8)2-5(6(9)10)12-7(3)15(11,13)14/h2,6H,1H3,(H2,11,13,14). The second-order valence-electron chi connectivity index (χ2n) is 2.80. The molecule has 1 heterocycles. The number of primary sulfonamides is 1. The Bertz CT molecular complexity index is 490. The summed E-state index contributed by atoms with van der Waals surface area (Å²) in [5.74, 6) is 0. The van der Waals surface area contributed by atoms with Gasteiger partial charge in [0, 0.05) is 10.6 Å². The minimum atomic E-state index is -4.14. The zero-order valence-electron chi connectivity index (χ0n) is 7.54. The summed E-state index contributed by atoms with van der Waals surface area (Å²) < 4.78 is 46.6. The highest BCUT2D eigenvalue weighted by Gasteiger charge is 2.20. The Kier molecular flexibility index (Phi) is 3.27. The summed E-state index contributed by atoms with van der Waals surface area (Å²) in [4.78, 5) is 3.26. The number of aromatic nitrogens is 1. The fraction of sp³-hybridized carbons (Fsp3) is 0.286. The van der Waals surface area contributed by atoms with Crippen molar-refractivity contribution in [1.29, 1.82) is 0 Å².